The molecular weight excluding hydrogens is 190 g/mol. The summed E-state index contributed by atoms with van der Waals surface area (Å²) >= 11 is 1.68. The molecule has 0 aliphatic heterocycles. The molecule has 2 heterocycles. The largest absolute Gasteiger partial charge is 0.245 e. The molecule has 0 N–H and O–H groups in total. The minimum Gasteiger partial charge on any atom is -0.245 e. The monoisotopic (exact) mass is 207 g/mol. The number of pyridine rings is 1. The van der Waals surface area contributed by atoms with Gasteiger partial charge >= 0.3 is 0 Å². The zero-order valence-electron chi connectivity index (χ0n) is 9.24. The Balaban J connectivity index is 0.000000171. The van der Waals surface area contributed by atoms with Gasteiger partial charge in [0.25, 0.3) is 0 Å². The van der Waals surface area contributed by atoms with Crippen molar-refractivity contribution < 1.29 is 0 Å². The zero-order chi connectivity index (χ0) is 10.6. The van der Waals surface area contributed by atoms with Gasteiger partial charge in [0.05, 0.1) is 0 Å². The van der Waals surface area contributed by atoms with Crippen LogP contribution in [0.3, 0.4) is 0 Å². The Labute approximate surface area is 89.8 Å². The Morgan fingerprint density at radius 1 is 1.14 bits per heavy atom. The summed E-state index contributed by atoms with van der Waals surface area (Å²) in [5, 5.41) is 3.29. The van der Waals surface area contributed by atoms with Crippen LogP contribution < -0.4 is 0 Å². The lowest BCUT2D eigenvalue weighted by Gasteiger charge is -2.05. The van der Waals surface area contributed by atoms with E-state index < -0.39 is 0 Å². The Kier molecular flexibility index (Phi) is 3.64. The van der Waals surface area contributed by atoms with E-state index in [-0.39, 0.29) is 0 Å². The normalized spacial score (nSPS) is 10.9. The molecule has 0 radical (unpaired) electrons. The molecule has 0 saturated heterocycles. The number of fused-ring (bicyclic) bond motifs is 1. The smallest absolute Gasteiger partial charge is 0.123 e. The lowest BCUT2D eigenvalue weighted by molar-refractivity contribution is 0.469. The first-order chi connectivity index (χ1) is 6.47. The van der Waals surface area contributed by atoms with Gasteiger partial charge in [0.1, 0.15) is 4.83 Å². The molecule has 14 heavy (non-hydrogen) atoms. The van der Waals surface area contributed by atoms with Crippen molar-refractivity contribution in [2.45, 2.75) is 27.7 Å². The first-order valence-corrected chi connectivity index (χ1v) is 5.63. The molecule has 1 nitrogen and oxygen atoms in total. The number of nitrogens with zero attached hydrogens (tertiary/aromatic N) is 1. The summed E-state index contributed by atoms with van der Waals surface area (Å²) in [5.41, 5.74) is 0.500. The molecule has 2 aromatic rings. The molecule has 0 fully saturated rings. The van der Waals surface area contributed by atoms with Crippen LogP contribution in [0.1, 0.15) is 27.7 Å². The molecule has 0 spiro atoms. The number of hydrogen-bond donors (Lipinski definition) is 0. The van der Waals surface area contributed by atoms with Crippen LogP contribution in [0.4, 0.5) is 0 Å². The molecule has 2 rings (SSSR count). The molecule has 76 valence electrons. The van der Waals surface area contributed by atoms with E-state index >= 15 is 0 Å². The highest BCUT2D eigenvalue weighted by Gasteiger charge is 1.95. The van der Waals surface area contributed by atoms with Crippen LogP contribution in [-0.2, 0) is 0 Å². The fraction of sp³-hybridized carbons (Fsp3) is 0.417. The van der Waals surface area contributed by atoms with Gasteiger partial charge < -0.3 is 0 Å². The molecule has 0 atom stereocenters. The number of thiophene rings is 1. The van der Waals surface area contributed by atoms with Crippen LogP contribution in [0.25, 0.3) is 10.2 Å². The van der Waals surface area contributed by atoms with E-state index in [2.05, 4.69) is 50.2 Å². The zero-order valence-corrected chi connectivity index (χ0v) is 10.1. The average Bonchev–Trinajstić information content (AvgIpc) is 2.47. The van der Waals surface area contributed by atoms with Crippen LogP contribution in [-0.4, -0.2) is 4.98 Å². The summed E-state index contributed by atoms with van der Waals surface area (Å²) in [5.74, 6) is 0. The Bertz CT molecular complexity index is 348. The maximum Gasteiger partial charge on any atom is 0.123 e. The Hall–Kier alpha value is -0.890. The van der Waals surface area contributed by atoms with Gasteiger partial charge in [-0.1, -0.05) is 33.8 Å². The van der Waals surface area contributed by atoms with Crippen molar-refractivity contribution in [2.75, 3.05) is 0 Å². The van der Waals surface area contributed by atoms with Gasteiger partial charge in [-0.25, -0.2) is 4.98 Å². The number of rotatable bonds is 0. The highest BCUT2D eigenvalue weighted by Crippen LogP contribution is 2.15. The van der Waals surface area contributed by atoms with Crippen molar-refractivity contribution in [3.8, 4) is 0 Å². The molecule has 0 amide bonds. The van der Waals surface area contributed by atoms with E-state index in [0.717, 1.165) is 4.83 Å². The van der Waals surface area contributed by atoms with Crippen LogP contribution in [0.2, 0.25) is 0 Å². The van der Waals surface area contributed by atoms with Gasteiger partial charge in [-0.05, 0) is 22.9 Å². The third kappa shape index (κ3) is 4.38. The molecule has 2 aromatic heterocycles. The molecular formula is C12H17NS. The third-order valence-electron chi connectivity index (χ3n) is 1.23. The summed E-state index contributed by atoms with van der Waals surface area (Å²) in [6.07, 6.45) is 1.82. The Morgan fingerprint density at radius 3 is 2.36 bits per heavy atom. The molecule has 0 aliphatic carbocycles. The van der Waals surface area contributed by atoms with Crippen molar-refractivity contribution in [1.29, 1.82) is 0 Å². The van der Waals surface area contributed by atoms with Crippen LogP contribution >= 0.6 is 11.3 Å². The quantitative estimate of drug-likeness (QED) is 0.626. The van der Waals surface area contributed by atoms with Gasteiger partial charge in [0.2, 0.25) is 0 Å². The number of aromatic nitrogens is 1. The molecule has 0 aliphatic rings. The summed E-state index contributed by atoms with van der Waals surface area (Å²) < 4.78 is 0. The SMILES string of the molecule is CC(C)(C)C.c1cnc2sccc2c1. The second kappa shape index (κ2) is 4.56. The van der Waals surface area contributed by atoms with E-state index in [4.69, 9.17) is 0 Å². The average molecular weight is 207 g/mol. The number of hydrogen-bond acceptors (Lipinski definition) is 2. The minimum absolute atomic E-state index is 0.500. The highest BCUT2D eigenvalue weighted by molar-refractivity contribution is 7.16. The van der Waals surface area contributed by atoms with Crippen molar-refractivity contribution in [3.63, 3.8) is 0 Å². The molecule has 0 bridgehead atoms. The second-order valence-corrected chi connectivity index (χ2v) is 5.71. The van der Waals surface area contributed by atoms with Crippen LogP contribution in [0, 0.1) is 5.41 Å². The fourth-order valence-corrected chi connectivity index (χ4v) is 1.54. The molecule has 0 unspecified atom stereocenters. The topological polar surface area (TPSA) is 12.9 Å². The minimum atomic E-state index is 0.500. The van der Waals surface area contributed by atoms with Gasteiger partial charge in [0.15, 0.2) is 0 Å². The first-order valence-electron chi connectivity index (χ1n) is 4.75. The van der Waals surface area contributed by atoms with Crippen molar-refractivity contribution >= 4 is 21.6 Å². The lowest BCUT2D eigenvalue weighted by Crippen LogP contribution is -1.93. The van der Waals surface area contributed by atoms with Crippen molar-refractivity contribution in [3.05, 3.63) is 29.8 Å². The standard InChI is InChI=1S/C7H5NS.C5H12/c1-2-6-3-5-9-7(6)8-4-1;1-5(2,3)4/h1-5H;1-4H3. The van der Waals surface area contributed by atoms with Crippen LogP contribution in [0.15, 0.2) is 29.8 Å². The summed E-state index contributed by atoms with van der Waals surface area (Å²) in [6, 6.07) is 6.10. The van der Waals surface area contributed by atoms with E-state index in [1.54, 1.807) is 11.3 Å². The van der Waals surface area contributed by atoms with Crippen molar-refractivity contribution in [1.82, 2.24) is 4.98 Å². The Morgan fingerprint density at radius 2 is 1.79 bits per heavy atom. The van der Waals surface area contributed by atoms with E-state index in [1.165, 1.54) is 5.39 Å². The maximum atomic E-state index is 4.16. The van der Waals surface area contributed by atoms with E-state index in [0.29, 0.717) is 5.41 Å². The summed E-state index contributed by atoms with van der Waals surface area (Å²) in [4.78, 5) is 5.28. The molecule has 2 heteroatoms. The molecule has 0 saturated carbocycles. The summed E-state index contributed by atoms with van der Waals surface area (Å²) in [6.45, 7) is 8.75. The van der Waals surface area contributed by atoms with Gasteiger partial charge in [-0.3, -0.25) is 0 Å². The van der Waals surface area contributed by atoms with Gasteiger partial charge in [-0.2, -0.15) is 0 Å². The van der Waals surface area contributed by atoms with Crippen LogP contribution in [0.5, 0.6) is 0 Å². The first kappa shape index (κ1) is 11.2. The van der Waals surface area contributed by atoms with Gasteiger partial charge in [-0.15, -0.1) is 11.3 Å². The lowest BCUT2D eigenvalue weighted by atomic mass is 10.0. The second-order valence-electron chi connectivity index (χ2n) is 4.82. The van der Waals surface area contributed by atoms with E-state index in [1.807, 2.05) is 12.3 Å². The van der Waals surface area contributed by atoms with Crippen molar-refractivity contribution in [2.24, 2.45) is 5.41 Å². The van der Waals surface area contributed by atoms with Gasteiger partial charge in [0, 0.05) is 11.6 Å². The molecule has 0 aromatic carbocycles. The maximum absolute atomic E-state index is 4.16. The summed E-state index contributed by atoms with van der Waals surface area (Å²) in [7, 11) is 0. The van der Waals surface area contributed by atoms with E-state index in [9.17, 15) is 0 Å². The highest BCUT2D eigenvalue weighted by atomic mass is 32.1. The predicted octanol–water partition coefficient (Wildman–Crippen LogP) is 4.35. The fourth-order valence-electron chi connectivity index (χ4n) is 0.800. The third-order valence-corrected chi connectivity index (χ3v) is 2.06. The predicted molar refractivity (Wildman–Crippen MR) is 64.7 cm³/mol.